The Hall–Kier alpha value is -0.220. The van der Waals surface area contributed by atoms with E-state index in [-0.39, 0.29) is 24.6 Å². The number of hydrogen-bond donors (Lipinski definition) is 1. The van der Waals surface area contributed by atoms with Gasteiger partial charge in [-0.05, 0) is 19.4 Å². The Kier molecular flexibility index (Phi) is 7.05. The van der Waals surface area contributed by atoms with Crippen molar-refractivity contribution in [2.24, 2.45) is 0 Å². The van der Waals surface area contributed by atoms with Crippen molar-refractivity contribution < 1.29 is 16.8 Å². The predicted molar refractivity (Wildman–Crippen MR) is 84.1 cm³/mol. The smallest absolute Gasteiger partial charge is 0.281 e. The molecule has 0 aliphatic carbocycles. The lowest BCUT2D eigenvalue weighted by atomic mass is 10.3. The van der Waals surface area contributed by atoms with Crippen molar-refractivity contribution >= 4 is 20.0 Å². The van der Waals surface area contributed by atoms with Gasteiger partial charge in [-0.2, -0.15) is 17.0 Å². The van der Waals surface area contributed by atoms with Crippen molar-refractivity contribution in [3.05, 3.63) is 0 Å². The van der Waals surface area contributed by atoms with Crippen molar-refractivity contribution in [1.29, 1.82) is 0 Å². The van der Waals surface area contributed by atoms with Crippen molar-refractivity contribution in [1.82, 2.24) is 13.9 Å². The molecule has 1 aliphatic rings. The molecule has 1 rings (SSSR count). The molecule has 7 nitrogen and oxygen atoms in total. The Labute approximate surface area is 128 Å². The molecule has 0 unspecified atom stereocenters. The number of sulfone groups is 1. The predicted octanol–water partition coefficient (Wildman–Crippen LogP) is -0.328. The molecule has 0 amide bonds. The largest absolute Gasteiger partial charge is 0.314 e. The van der Waals surface area contributed by atoms with Gasteiger partial charge < -0.3 is 5.32 Å². The molecule has 0 atom stereocenters. The van der Waals surface area contributed by atoms with Crippen LogP contribution in [0.3, 0.4) is 0 Å². The highest BCUT2D eigenvalue weighted by atomic mass is 32.2. The van der Waals surface area contributed by atoms with Gasteiger partial charge in [0.15, 0.2) is 9.84 Å². The number of hydrogen-bond acceptors (Lipinski definition) is 5. The van der Waals surface area contributed by atoms with Crippen LogP contribution in [0.4, 0.5) is 0 Å². The van der Waals surface area contributed by atoms with Gasteiger partial charge in [0, 0.05) is 32.7 Å². The third-order valence-corrected chi connectivity index (χ3v) is 7.14. The first kappa shape index (κ1) is 18.8. The lowest BCUT2D eigenvalue weighted by Crippen LogP contribution is -2.44. The lowest BCUT2D eigenvalue weighted by molar-refractivity contribution is 0.367. The van der Waals surface area contributed by atoms with E-state index in [1.165, 1.54) is 8.61 Å². The molecule has 126 valence electrons. The van der Waals surface area contributed by atoms with Gasteiger partial charge in [-0.15, -0.1) is 0 Å². The molecule has 0 aromatic carbocycles. The van der Waals surface area contributed by atoms with Crippen molar-refractivity contribution in [3.8, 4) is 0 Å². The van der Waals surface area contributed by atoms with Gasteiger partial charge in [0.2, 0.25) is 0 Å². The molecular formula is C12H27N3O4S2. The first-order valence-corrected chi connectivity index (χ1v) is 10.5. The van der Waals surface area contributed by atoms with E-state index in [2.05, 4.69) is 5.32 Å². The summed E-state index contributed by atoms with van der Waals surface area (Å²) >= 11 is 0. The van der Waals surface area contributed by atoms with Crippen LogP contribution in [0.15, 0.2) is 0 Å². The van der Waals surface area contributed by atoms with Crippen molar-refractivity contribution in [3.63, 3.8) is 0 Å². The van der Waals surface area contributed by atoms with Crippen LogP contribution in [0, 0.1) is 0 Å². The molecule has 0 aromatic heterocycles. The average Bonchev–Trinajstić information content (AvgIpc) is 2.55. The maximum absolute atomic E-state index is 12.4. The highest BCUT2D eigenvalue weighted by molar-refractivity contribution is 7.91. The summed E-state index contributed by atoms with van der Waals surface area (Å²) in [7, 11) is -5.12. The Morgan fingerprint density at radius 1 is 1.24 bits per heavy atom. The van der Waals surface area contributed by atoms with Gasteiger partial charge in [-0.1, -0.05) is 13.8 Å². The molecule has 21 heavy (non-hydrogen) atoms. The van der Waals surface area contributed by atoms with Crippen LogP contribution in [-0.4, -0.2) is 76.2 Å². The minimum atomic E-state index is -3.56. The molecule has 1 aliphatic heterocycles. The summed E-state index contributed by atoms with van der Waals surface area (Å²) in [6.07, 6.45) is 1.09. The molecule has 1 N–H and O–H groups in total. The van der Waals surface area contributed by atoms with Gasteiger partial charge in [-0.3, -0.25) is 0 Å². The maximum Gasteiger partial charge on any atom is 0.281 e. The monoisotopic (exact) mass is 341 g/mol. The van der Waals surface area contributed by atoms with Gasteiger partial charge in [0.05, 0.1) is 11.5 Å². The van der Waals surface area contributed by atoms with E-state index >= 15 is 0 Å². The Morgan fingerprint density at radius 2 is 1.90 bits per heavy atom. The zero-order valence-electron chi connectivity index (χ0n) is 13.1. The van der Waals surface area contributed by atoms with E-state index in [0.717, 1.165) is 13.0 Å². The summed E-state index contributed by atoms with van der Waals surface area (Å²) in [4.78, 5) is 0. The summed E-state index contributed by atoms with van der Waals surface area (Å²) in [5, 5.41) is 3.24. The number of rotatable bonds is 7. The van der Waals surface area contributed by atoms with Crippen LogP contribution in [-0.2, 0) is 20.0 Å². The van der Waals surface area contributed by atoms with Gasteiger partial charge in [-0.25, -0.2) is 8.42 Å². The Balaban J connectivity index is 2.55. The summed E-state index contributed by atoms with van der Waals surface area (Å²) < 4.78 is 50.5. The minimum Gasteiger partial charge on any atom is -0.314 e. The highest BCUT2D eigenvalue weighted by Crippen LogP contribution is 2.12. The van der Waals surface area contributed by atoms with E-state index < -0.39 is 20.0 Å². The SMILES string of the molecule is CC(C)NCCCN(C)S(=O)(=O)N1CCCS(=O)(=O)CC1. The van der Waals surface area contributed by atoms with Crippen molar-refractivity contribution in [2.45, 2.75) is 32.7 Å². The lowest BCUT2D eigenvalue weighted by Gasteiger charge is -2.26. The second kappa shape index (κ2) is 7.87. The normalized spacial score (nSPS) is 20.8. The molecule has 0 spiro atoms. The van der Waals surface area contributed by atoms with Gasteiger partial charge >= 0.3 is 0 Å². The molecule has 0 radical (unpaired) electrons. The first-order chi connectivity index (χ1) is 9.65. The molecular weight excluding hydrogens is 314 g/mol. The average molecular weight is 341 g/mol. The Bertz CT molecular complexity index is 517. The van der Waals surface area contributed by atoms with E-state index in [4.69, 9.17) is 0 Å². The van der Waals surface area contributed by atoms with Gasteiger partial charge in [0.1, 0.15) is 0 Å². The zero-order valence-corrected chi connectivity index (χ0v) is 14.7. The summed E-state index contributed by atoms with van der Waals surface area (Å²) in [5.74, 6) is -0.0178. The molecule has 0 saturated carbocycles. The van der Waals surface area contributed by atoms with Crippen LogP contribution in [0.25, 0.3) is 0 Å². The molecule has 0 aromatic rings. The number of nitrogens with zero attached hydrogens (tertiary/aromatic N) is 2. The van der Waals surface area contributed by atoms with E-state index in [0.29, 0.717) is 19.0 Å². The topological polar surface area (TPSA) is 86.8 Å². The molecule has 9 heteroatoms. The third-order valence-electron chi connectivity index (χ3n) is 3.44. The van der Waals surface area contributed by atoms with Crippen LogP contribution >= 0.6 is 0 Å². The van der Waals surface area contributed by atoms with Crippen LogP contribution < -0.4 is 5.32 Å². The molecule has 1 fully saturated rings. The van der Waals surface area contributed by atoms with Crippen LogP contribution in [0.1, 0.15) is 26.7 Å². The molecule has 1 saturated heterocycles. The fourth-order valence-electron chi connectivity index (χ4n) is 2.15. The maximum atomic E-state index is 12.4. The summed E-state index contributed by atoms with van der Waals surface area (Å²) in [6, 6.07) is 0.378. The molecule has 1 heterocycles. The summed E-state index contributed by atoms with van der Waals surface area (Å²) in [5.41, 5.74) is 0. The van der Waals surface area contributed by atoms with E-state index in [1.54, 1.807) is 7.05 Å². The quantitative estimate of drug-likeness (QED) is 0.641. The first-order valence-electron chi connectivity index (χ1n) is 7.30. The fraction of sp³-hybridized carbons (Fsp3) is 1.00. The second-order valence-electron chi connectivity index (χ2n) is 5.70. The summed E-state index contributed by atoms with van der Waals surface area (Å²) in [6.45, 7) is 5.59. The third kappa shape index (κ3) is 6.19. The fourth-order valence-corrected chi connectivity index (χ4v) is 4.97. The van der Waals surface area contributed by atoms with Crippen LogP contribution in [0.5, 0.6) is 0 Å². The second-order valence-corrected chi connectivity index (χ2v) is 10.0. The zero-order chi connectivity index (χ0) is 16.1. The van der Waals surface area contributed by atoms with Crippen molar-refractivity contribution in [2.75, 3.05) is 44.7 Å². The standard InChI is InChI=1S/C12H27N3O4S2/c1-12(2)13-6-4-7-14(3)21(18,19)15-8-5-10-20(16,17)11-9-15/h12-13H,4-11H2,1-3H3. The Morgan fingerprint density at radius 3 is 2.52 bits per heavy atom. The highest BCUT2D eigenvalue weighted by Gasteiger charge is 2.30. The number of nitrogens with one attached hydrogen (secondary N) is 1. The van der Waals surface area contributed by atoms with Crippen LogP contribution in [0.2, 0.25) is 0 Å². The van der Waals surface area contributed by atoms with E-state index in [1.807, 2.05) is 13.8 Å². The minimum absolute atomic E-state index is 0.0548. The van der Waals surface area contributed by atoms with E-state index in [9.17, 15) is 16.8 Å². The van der Waals surface area contributed by atoms with Gasteiger partial charge in [0.25, 0.3) is 10.2 Å². The molecule has 0 bridgehead atoms.